The molecule has 0 saturated heterocycles. The molecule has 1 aliphatic heterocycles. The van der Waals surface area contributed by atoms with Crippen molar-refractivity contribution in [2.45, 2.75) is 15.2 Å². The van der Waals surface area contributed by atoms with E-state index in [4.69, 9.17) is 16.3 Å². The van der Waals surface area contributed by atoms with Crippen LogP contribution in [0.25, 0.3) is 11.1 Å². The Labute approximate surface area is 208 Å². The van der Waals surface area contributed by atoms with Crippen LogP contribution in [0, 0.1) is 0 Å². The number of fused-ring (bicyclic) bond motifs is 9. The summed E-state index contributed by atoms with van der Waals surface area (Å²) in [6, 6.07) is 40.5. The van der Waals surface area contributed by atoms with Crippen LogP contribution in [-0.2, 0) is 5.41 Å². The van der Waals surface area contributed by atoms with E-state index in [9.17, 15) is 0 Å². The highest BCUT2D eigenvalue weighted by Crippen LogP contribution is 2.62. The van der Waals surface area contributed by atoms with Crippen molar-refractivity contribution in [2.75, 3.05) is 0 Å². The van der Waals surface area contributed by atoms with E-state index in [1.807, 2.05) is 36.0 Å². The summed E-state index contributed by atoms with van der Waals surface area (Å²) in [6.45, 7) is 0. The average Bonchev–Trinajstić information content (AvgIpc) is 3.17. The van der Waals surface area contributed by atoms with E-state index < -0.39 is 0 Å². The summed E-state index contributed by atoms with van der Waals surface area (Å²) < 4.78 is 6.30. The first-order valence-corrected chi connectivity index (χ1v) is 12.5. The third kappa shape index (κ3) is 2.76. The summed E-state index contributed by atoms with van der Waals surface area (Å²) in [6.07, 6.45) is 0. The summed E-state index contributed by atoms with van der Waals surface area (Å²) in [5.74, 6) is 1.59. The molecule has 0 unspecified atom stereocenters. The van der Waals surface area contributed by atoms with Gasteiger partial charge in [0, 0.05) is 14.8 Å². The quantitative estimate of drug-likeness (QED) is 0.247. The van der Waals surface area contributed by atoms with Crippen molar-refractivity contribution in [1.82, 2.24) is 0 Å². The van der Waals surface area contributed by atoms with Crippen LogP contribution in [0.3, 0.4) is 0 Å². The Morgan fingerprint density at radius 2 is 1.09 bits per heavy atom. The number of rotatable bonds is 2. The largest absolute Gasteiger partial charge is 0.457 e. The zero-order chi connectivity index (χ0) is 22.7. The number of hydrogen-bond acceptors (Lipinski definition) is 2. The number of benzene rings is 5. The lowest BCUT2D eigenvalue weighted by Crippen LogP contribution is -2.31. The molecule has 7 rings (SSSR count). The van der Waals surface area contributed by atoms with Crippen LogP contribution in [0.15, 0.2) is 125 Å². The van der Waals surface area contributed by atoms with Gasteiger partial charge in [0.05, 0.1) is 5.41 Å². The van der Waals surface area contributed by atoms with Gasteiger partial charge in [-0.1, -0.05) is 90.1 Å². The van der Waals surface area contributed by atoms with Crippen LogP contribution >= 0.6 is 23.4 Å². The monoisotopic (exact) mass is 474 g/mol. The number of hydrogen-bond donors (Lipinski definition) is 0. The molecule has 0 N–H and O–H groups in total. The van der Waals surface area contributed by atoms with E-state index in [-0.39, 0.29) is 5.41 Å². The smallest absolute Gasteiger partial charge is 0.127 e. The fraction of sp³-hybridized carbons (Fsp3) is 0.0323. The fourth-order valence-electron chi connectivity index (χ4n) is 5.54. The molecular formula is C31H19ClOS. The molecule has 0 radical (unpaired) electrons. The maximum atomic E-state index is 6.30. The molecule has 0 saturated carbocycles. The second-order valence-electron chi connectivity index (χ2n) is 8.65. The Morgan fingerprint density at radius 1 is 0.529 bits per heavy atom. The Hall–Kier alpha value is -3.46. The lowest BCUT2D eigenvalue weighted by Gasteiger charge is -2.39. The van der Waals surface area contributed by atoms with Gasteiger partial charge in [-0.15, -0.1) is 0 Å². The highest BCUT2D eigenvalue weighted by molar-refractivity contribution is 7.99. The minimum absolute atomic E-state index is 0.385. The minimum Gasteiger partial charge on any atom is -0.457 e. The average molecular weight is 475 g/mol. The van der Waals surface area contributed by atoms with Crippen molar-refractivity contribution in [3.63, 3.8) is 0 Å². The van der Waals surface area contributed by atoms with Crippen LogP contribution in [0.5, 0.6) is 11.5 Å². The predicted octanol–water partition coefficient (Wildman–Crippen LogP) is 8.96. The standard InChI is InChI=1S/C31H19ClOS/c32-20-13-15-21(16-14-20)33-22-17-18-30-28(19-22)31(27-11-5-6-12-29(27)34-30)25-9-3-1-7-23(25)24-8-2-4-10-26(24)31/h1-19H. The molecule has 1 heterocycles. The van der Waals surface area contributed by atoms with Crippen LogP contribution in [0.4, 0.5) is 0 Å². The van der Waals surface area contributed by atoms with Gasteiger partial charge in [0.2, 0.25) is 0 Å². The highest BCUT2D eigenvalue weighted by Gasteiger charge is 2.50. The lowest BCUT2D eigenvalue weighted by atomic mass is 9.67. The van der Waals surface area contributed by atoms with Crippen molar-refractivity contribution in [3.8, 4) is 22.6 Å². The van der Waals surface area contributed by atoms with E-state index in [0.29, 0.717) is 5.02 Å². The van der Waals surface area contributed by atoms with E-state index >= 15 is 0 Å². The first kappa shape index (κ1) is 20.0. The summed E-state index contributed by atoms with van der Waals surface area (Å²) >= 11 is 7.91. The minimum atomic E-state index is -0.385. The zero-order valence-electron chi connectivity index (χ0n) is 18.2. The number of ether oxygens (including phenoxy) is 1. The summed E-state index contributed by atoms with van der Waals surface area (Å²) in [5, 5.41) is 0.698. The Morgan fingerprint density at radius 3 is 1.79 bits per heavy atom. The van der Waals surface area contributed by atoms with Crippen LogP contribution in [0.2, 0.25) is 5.02 Å². The molecule has 3 heteroatoms. The third-order valence-electron chi connectivity index (χ3n) is 6.87. The fourth-order valence-corrected chi connectivity index (χ4v) is 6.84. The van der Waals surface area contributed by atoms with Crippen molar-refractivity contribution in [3.05, 3.63) is 143 Å². The molecule has 0 aromatic heterocycles. The molecular weight excluding hydrogens is 456 g/mol. The van der Waals surface area contributed by atoms with E-state index in [2.05, 4.69) is 91.0 Å². The van der Waals surface area contributed by atoms with Crippen molar-refractivity contribution in [1.29, 1.82) is 0 Å². The van der Waals surface area contributed by atoms with Gasteiger partial charge in [-0.05, 0) is 81.9 Å². The molecule has 0 amide bonds. The molecule has 34 heavy (non-hydrogen) atoms. The molecule has 162 valence electrons. The third-order valence-corrected chi connectivity index (χ3v) is 8.27. The second kappa shape index (κ2) is 7.53. The lowest BCUT2D eigenvalue weighted by molar-refractivity contribution is 0.480. The maximum absolute atomic E-state index is 6.30. The van der Waals surface area contributed by atoms with E-state index in [0.717, 1.165) is 11.5 Å². The summed E-state index contributed by atoms with van der Waals surface area (Å²) in [5.41, 5.74) is 7.46. The molecule has 2 aliphatic rings. The molecule has 0 bridgehead atoms. The molecule has 1 aliphatic carbocycles. The first-order valence-electron chi connectivity index (χ1n) is 11.3. The zero-order valence-corrected chi connectivity index (χ0v) is 19.7. The van der Waals surface area contributed by atoms with Gasteiger partial charge >= 0.3 is 0 Å². The normalized spacial score (nSPS) is 14.1. The summed E-state index contributed by atoms with van der Waals surface area (Å²) in [4.78, 5) is 2.56. The predicted molar refractivity (Wildman–Crippen MR) is 139 cm³/mol. The van der Waals surface area contributed by atoms with E-state index in [1.165, 1.54) is 43.2 Å². The molecule has 1 spiro atoms. The molecule has 1 nitrogen and oxygen atoms in total. The van der Waals surface area contributed by atoms with Gasteiger partial charge in [-0.2, -0.15) is 0 Å². The highest BCUT2D eigenvalue weighted by atomic mass is 35.5. The Balaban J connectivity index is 1.52. The van der Waals surface area contributed by atoms with E-state index in [1.54, 1.807) is 0 Å². The maximum Gasteiger partial charge on any atom is 0.127 e. The SMILES string of the molecule is Clc1ccc(Oc2ccc3c(c2)C2(c4ccccc4S3)c3ccccc3-c3ccccc32)cc1. The van der Waals surface area contributed by atoms with Crippen LogP contribution in [0.1, 0.15) is 22.3 Å². The van der Waals surface area contributed by atoms with Gasteiger partial charge in [0.1, 0.15) is 11.5 Å². The number of halogens is 1. The molecule has 0 atom stereocenters. The van der Waals surface area contributed by atoms with Gasteiger partial charge in [0.25, 0.3) is 0 Å². The van der Waals surface area contributed by atoms with Gasteiger partial charge in [0.15, 0.2) is 0 Å². The molecule has 0 fully saturated rings. The van der Waals surface area contributed by atoms with Crippen molar-refractivity contribution >= 4 is 23.4 Å². The Bertz CT molecular complexity index is 1530. The van der Waals surface area contributed by atoms with Gasteiger partial charge in [-0.3, -0.25) is 0 Å². The Kier molecular flexibility index (Phi) is 4.42. The second-order valence-corrected chi connectivity index (χ2v) is 10.2. The topological polar surface area (TPSA) is 9.23 Å². The molecule has 5 aromatic rings. The van der Waals surface area contributed by atoms with Crippen molar-refractivity contribution < 1.29 is 4.74 Å². The summed E-state index contributed by atoms with van der Waals surface area (Å²) in [7, 11) is 0. The molecule has 5 aromatic carbocycles. The van der Waals surface area contributed by atoms with Gasteiger partial charge in [-0.25, -0.2) is 0 Å². The first-order chi connectivity index (χ1) is 16.7. The van der Waals surface area contributed by atoms with Gasteiger partial charge < -0.3 is 4.74 Å². The van der Waals surface area contributed by atoms with Crippen molar-refractivity contribution in [2.24, 2.45) is 0 Å². The van der Waals surface area contributed by atoms with Crippen LogP contribution in [-0.4, -0.2) is 0 Å². The van der Waals surface area contributed by atoms with Crippen LogP contribution < -0.4 is 4.74 Å².